The third-order valence-corrected chi connectivity index (χ3v) is 3.54. The van der Waals surface area contributed by atoms with Crippen molar-refractivity contribution in [1.29, 1.82) is 0 Å². The van der Waals surface area contributed by atoms with Gasteiger partial charge < -0.3 is 10.2 Å². The second-order valence-electron chi connectivity index (χ2n) is 5.57. The SMILES string of the molecule is CC(CNC(C)C)CN1C(=O)C(=O)c2cc(Cl)ccc21. The van der Waals surface area contributed by atoms with Gasteiger partial charge in [0.2, 0.25) is 0 Å². The molecule has 1 heterocycles. The van der Waals surface area contributed by atoms with Crippen LogP contribution in [0.2, 0.25) is 5.02 Å². The first-order chi connectivity index (χ1) is 9.40. The third kappa shape index (κ3) is 3.02. The maximum Gasteiger partial charge on any atom is 0.299 e. The highest BCUT2D eigenvalue weighted by atomic mass is 35.5. The molecule has 0 fully saturated rings. The molecular formula is C15H19ClN2O2. The lowest BCUT2D eigenvalue weighted by atomic mass is 10.1. The van der Waals surface area contributed by atoms with Crippen molar-refractivity contribution in [2.45, 2.75) is 26.8 Å². The topological polar surface area (TPSA) is 49.4 Å². The summed E-state index contributed by atoms with van der Waals surface area (Å²) in [7, 11) is 0. The summed E-state index contributed by atoms with van der Waals surface area (Å²) < 4.78 is 0. The average Bonchev–Trinajstić information content (AvgIpc) is 2.61. The van der Waals surface area contributed by atoms with Gasteiger partial charge in [0.15, 0.2) is 0 Å². The fourth-order valence-corrected chi connectivity index (χ4v) is 2.44. The molecule has 1 N–H and O–H groups in total. The van der Waals surface area contributed by atoms with E-state index in [1.807, 2.05) is 0 Å². The summed E-state index contributed by atoms with van der Waals surface area (Å²) in [5, 5.41) is 3.81. The average molecular weight is 295 g/mol. The fourth-order valence-electron chi connectivity index (χ4n) is 2.27. The summed E-state index contributed by atoms with van der Waals surface area (Å²) in [5.74, 6) is -0.666. The molecule has 1 aromatic rings. The van der Waals surface area contributed by atoms with E-state index < -0.39 is 11.7 Å². The van der Waals surface area contributed by atoms with Gasteiger partial charge in [-0.25, -0.2) is 0 Å². The Morgan fingerprint density at radius 1 is 1.25 bits per heavy atom. The first kappa shape index (κ1) is 15.0. The lowest BCUT2D eigenvalue weighted by Crippen LogP contribution is -2.38. The van der Waals surface area contributed by atoms with Crippen LogP contribution in [-0.4, -0.2) is 30.8 Å². The molecule has 1 amide bonds. The van der Waals surface area contributed by atoms with Gasteiger partial charge in [-0.05, 0) is 30.7 Å². The zero-order valence-corrected chi connectivity index (χ0v) is 12.7. The highest BCUT2D eigenvalue weighted by Gasteiger charge is 2.36. The number of halogens is 1. The minimum absolute atomic E-state index is 0.260. The van der Waals surface area contributed by atoms with Gasteiger partial charge in [0, 0.05) is 17.6 Å². The number of anilines is 1. The number of hydrogen-bond donors (Lipinski definition) is 1. The van der Waals surface area contributed by atoms with E-state index in [1.165, 1.54) is 0 Å². The van der Waals surface area contributed by atoms with Crippen LogP contribution in [0.4, 0.5) is 5.69 Å². The number of hydrogen-bond acceptors (Lipinski definition) is 3. The van der Waals surface area contributed by atoms with Gasteiger partial charge >= 0.3 is 0 Å². The second-order valence-corrected chi connectivity index (χ2v) is 6.01. The first-order valence-corrected chi connectivity index (χ1v) is 7.17. The number of carbonyl (C=O) groups is 2. The van der Waals surface area contributed by atoms with Crippen molar-refractivity contribution in [2.24, 2.45) is 5.92 Å². The van der Waals surface area contributed by atoms with Crippen LogP contribution < -0.4 is 10.2 Å². The van der Waals surface area contributed by atoms with Crippen molar-refractivity contribution in [3.8, 4) is 0 Å². The molecule has 2 rings (SSSR count). The van der Waals surface area contributed by atoms with Crippen LogP contribution >= 0.6 is 11.6 Å². The molecule has 4 nitrogen and oxygen atoms in total. The van der Waals surface area contributed by atoms with Crippen molar-refractivity contribution in [3.63, 3.8) is 0 Å². The van der Waals surface area contributed by atoms with Gasteiger partial charge in [-0.15, -0.1) is 0 Å². The number of rotatable bonds is 5. The lowest BCUT2D eigenvalue weighted by Gasteiger charge is -2.22. The molecule has 0 saturated heterocycles. The Balaban J connectivity index is 2.14. The zero-order chi connectivity index (χ0) is 14.9. The molecule has 5 heteroatoms. The quantitative estimate of drug-likeness (QED) is 0.849. The van der Waals surface area contributed by atoms with Gasteiger partial charge in [-0.1, -0.05) is 32.4 Å². The number of Topliss-reactive ketones (excluding diaryl/α,β-unsaturated/α-hetero) is 1. The summed E-state index contributed by atoms with van der Waals surface area (Å²) in [6.45, 7) is 7.54. The van der Waals surface area contributed by atoms with E-state index in [2.05, 4.69) is 26.1 Å². The van der Waals surface area contributed by atoms with E-state index in [4.69, 9.17) is 11.6 Å². The number of nitrogens with one attached hydrogen (secondary N) is 1. The third-order valence-electron chi connectivity index (χ3n) is 3.30. The van der Waals surface area contributed by atoms with Crippen LogP contribution in [-0.2, 0) is 4.79 Å². The predicted octanol–water partition coefficient (Wildman–Crippen LogP) is 2.50. The molecule has 0 spiro atoms. The molecule has 0 bridgehead atoms. The Morgan fingerprint density at radius 3 is 2.60 bits per heavy atom. The Bertz CT molecular complexity index is 543. The molecule has 1 unspecified atom stereocenters. The van der Waals surface area contributed by atoms with Crippen LogP contribution in [0.25, 0.3) is 0 Å². The van der Waals surface area contributed by atoms with E-state index >= 15 is 0 Å². The van der Waals surface area contributed by atoms with Crippen molar-refractivity contribution in [2.75, 3.05) is 18.0 Å². The Kier molecular flexibility index (Phi) is 4.45. The van der Waals surface area contributed by atoms with E-state index in [0.717, 1.165) is 6.54 Å². The minimum atomic E-state index is -0.466. The van der Waals surface area contributed by atoms with Gasteiger partial charge in [0.05, 0.1) is 11.3 Å². The molecule has 0 aromatic heterocycles. The van der Waals surface area contributed by atoms with Crippen molar-refractivity contribution >= 4 is 29.0 Å². The van der Waals surface area contributed by atoms with Gasteiger partial charge in [-0.2, -0.15) is 0 Å². The molecule has 0 radical (unpaired) electrons. The monoisotopic (exact) mass is 294 g/mol. The molecule has 1 aliphatic heterocycles. The smallest absolute Gasteiger partial charge is 0.299 e. The molecule has 1 aliphatic rings. The van der Waals surface area contributed by atoms with Gasteiger partial charge in [0.25, 0.3) is 11.7 Å². The van der Waals surface area contributed by atoms with E-state index in [-0.39, 0.29) is 5.92 Å². The van der Waals surface area contributed by atoms with Crippen molar-refractivity contribution in [1.82, 2.24) is 5.32 Å². The summed E-state index contributed by atoms with van der Waals surface area (Å²) in [5.41, 5.74) is 1.08. The molecule has 0 saturated carbocycles. The number of ketones is 1. The molecule has 0 aliphatic carbocycles. The highest BCUT2D eigenvalue weighted by molar-refractivity contribution is 6.52. The molecule has 1 aromatic carbocycles. The number of fused-ring (bicyclic) bond motifs is 1. The molecular weight excluding hydrogens is 276 g/mol. The summed E-state index contributed by atoms with van der Waals surface area (Å²) in [4.78, 5) is 25.6. The van der Waals surface area contributed by atoms with Crippen LogP contribution in [0.15, 0.2) is 18.2 Å². The van der Waals surface area contributed by atoms with Crippen LogP contribution in [0.1, 0.15) is 31.1 Å². The second kappa shape index (κ2) is 5.94. The Hall–Kier alpha value is -1.39. The molecule has 108 valence electrons. The standard InChI is InChI=1S/C15H19ClN2O2/c1-9(2)17-7-10(3)8-18-13-5-4-11(16)6-12(13)14(19)15(18)20/h4-6,9-10,17H,7-8H2,1-3H3. The van der Waals surface area contributed by atoms with Crippen LogP contribution in [0, 0.1) is 5.92 Å². The first-order valence-electron chi connectivity index (χ1n) is 6.79. The summed E-state index contributed by atoms with van der Waals surface area (Å²) >= 11 is 5.88. The Labute approximate surface area is 124 Å². The van der Waals surface area contributed by atoms with Crippen LogP contribution in [0.5, 0.6) is 0 Å². The summed E-state index contributed by atoms with van der Waals surface area (Å²) in [6, 6.07) is 5.41. The van der Waals surface area contributed by atoms with Crippen molar-refractivity contribution < 1.29 is 9.59 Å². The zero-order valence-electron chi connectivity index (χ0n) is 11.9. The van der Waals surface area contributed by atoms with Crippen molar-refractivity contribution in [3.05, 3.63) is 28.8 Å². The normalized spacial score (nSPS) is 15.9. The van der Waals surface area contributed by atoms with E-state index in [0.29, 0.717) is 28.9 Å². The van der Waals surface area contributed by atoms with E-state index in [9.17, 15) is 9.59 Å². The number of benzene rings is 1. The maximum atomic E-state index is 12.1. The van der Waals surface area contributed by atoms with Gasteiger partial charge in [0.1, 0.15) is 0 Å². The lowest BCUT2D eigenvalue weighted by molar-refractivity contribution is -0.114. The fraction of sp³-hybridized carbons (Fsp3) is 0.467. The highest BCUT2D eigenvalue weighted by Crippen LogP contribution is 2.31. The van der Waals surface area contributed by atoms with E-state index in [1.54, 1.807) is 23.1 Å². The Morgan fingerprint density at radius 2 is 1.95 bits per heavy atom. The van der Waals surface area contributed by atoms with Crippen LogP contribution in [0.3, 0.4) is 0 Å². The molecule has 1 atom stereocenters. The molecule has 20 heavy (non-hydrogen) atoms. The number of nitrogens with zero attached hydrogens (tertiary/aromatic N) is 1. The van der Waals surface area contributed by atoms with Gasteiger partial charge in [-0.3, -0.25) is 9.59 Å². The maximum absolute atomic E-state index is 12.1. The largest absolute Gasteiger partial charge is 0.314 e. The minimum Gasteiger partial charge on any atom is -0.314 e. The summed E-state index contributed by atoms with van der Waals surface area (Å²) in [6.07, 6.45) is 0. The number of amides is 1. The predicted molar refractivity (Wildman–Crippen MR) is 80.4 cm³/mol. The number of carbonyl (C=O) groups excluding carboxylic acids is 2.